The number of hydrogen-bond donors (Lipinski definition) is 2. The molecule has 0 saturated carbocycles. The summed E-state index contributed by atoms with van der Waals surface area (Å²) in [5, 5.41) is 9.25. The van der Waals surface area contributed by atoms with Gasteiger partial charge >= 0.3 is 0 Å². The van der Waals surface area contributed by atoms with Crippen LogP contribution in [-0.4, -0.2) is 34.3 Å². The predicted octanol–water partition coefficient (Wildman–Crippen LogP) is 1.23. The molecule has 1 aromatic rings. The quantitative estimate of drug-likeness (QED) is 0.763. The summed E-state index contributed by atoms with van der Waals surface area (Å²) in [6.45, 7) is 7.27. The zero-order valence-corrected chi connectivity index (χ0v) is 11.6. The highest BCUT2D eigenvalue weighted by Gasteiger charge is 2.19. The van der Waals surface area contributed by atoms with Crippen molar-refractivity contribution in [3.05, 3.63) is 17.6 Å². The van der Waals surface area contributed by atoms with Gasteiger partial charge in [0.1, 0.15) is 11.6 Å². The molecule has 3 N–H and O–H groups in total. The van der Waals surface area contributed by atoms with Crippen molar-refractivity contribution in [3.8, 4) is 0 Å². The molecular formula is C13H24N4O. The summed E-state index contributed by atoms with van der Waals surface area (Å²) in [7, 11) is 0. The normalized spacial score (nSPS) is 11.0. The number of aliphatic hydroxyl groups excluding tert-OH is 1. The van der Waals surface area contributed by atoms with E-state index in [1.54, 1.807) is 6.20 Å². The maximum Gasteiger partial charge on any atom is 0.137 e. The number of rotatable bonds is 7. The van der Waals surface area contributed by atoms with E-state index in [2.05, 4.69) is 28.7 Å². The van der Waals surface area contributed by atoms with E-state index in [1.807, 2.05) is 6.92 Å². The minimum absolute atomic E-state index is 0.115. The standard InChI is InChI=1S/C13H24N4O/c1-4-12(5-2)17(6-7-18)13-11(8-14)9-15-10(3)16-13/h9,12,18H,4-8,14H2,1-3H3. The Hall–Kier alpha value is -1.20. The number of aryl methyl sites for hydroxylation is 1. The molecule has 0 aliphatic rings. The molecular weight excluding hydrogens is 228 g/mol. The zero-order chi connectivity index (χ0) is 13.5. The Kier molecular flexibility index (Phi) is 6.01. The highest BCUT2D eigenvalue weighted by Crippen LogP contribution is 2.22. The van der Waals surface area contributed by atoms with Crippen molar-refractivity contribution >= 4 is 5.82 Å². The molecule has 0 amide bonds. The molecule has 0 saturated heterocycles. The van der Waals surface area contributed by atoms with Crippen molar-refractivity contribution in [1.82, 2.24) is 9.97 Å². The molecule has 18 heavy (non-hydrogen) atoms. The summed E-state index contributed by atoms with van der Waals surface area (Å²) >= 11 is 0. The zero-order valence-electron chi connectivity index (χ0n) is 11.6. The molecule has 0 aliphatic carbocycles. The van der Waals surface area contributed by atoms with Gasteiger partial charge < -0.3 is 15.7 Å². The molecule has 0 radical (unpaired) electrons. The van der Waals surface area contributed by atoms with Gasteiger partial charge in [0.05, 0.1) is 6.61 Å². The van der Waals surface area contributed by atoms with Crippen molar-refractivity contribution in [1.29, 1.82) is 0 Å². The van der Waals surface area contributed by atoms with Gasteiger partial charge in [0.15, 0.2) is 0 Å². The highest BCUT2D eigenvalue weighted by atomic mass is 16.3. The molecule has 1 aromatic heterocycles. The fourth-order valence-electron chi connectivity index (χ4n) is 2.17. The smallest absolute Gasteiger partial charge is 0.137 e. The summed E-state index contributed by atoms with van der Waals surface area (Å²) in [4.78, 5) is 10.8. The maximum atomic E-state index is 9.25. The lowest BCUT2D eigenvalue weighted by Crippen LogP contribution is -2.38. The molecule has 1 heterocycles. The van der Waals surface area contributed by atoms with Gasteiger partial charge in [-0.1, -0.05) is 13.8 Å². The van der Waals surface area contributed by atoms with Crippen LogP contribution in [0.25, 0.3) is 0 Å². The molecule has 1 rings (SSSR count). The number of nitrogens with zero attached hydrogens (tertiary/aromatic N) is 3. The third kappa shape index (κ3) is 3.40. The van der Waals surface area contributed by atoms with Gasteiger partial charge in [-0.25, -0.2) is 9.97 Å². The Morgan fingerprint density at radius 2 is 2.06 bits per heavy atom. The van der Waals surface area contributed by atoms with Gasteiger partial charge in [-0.3, -0.25) is 0 Å². The van der Waals surface area contributed by atoms with E-state index >= 15 is 0 Å². The van der Waals surface area contributed by atoms with Gasteiger partial charge in [0, 0.05) is 30.9 Å². The van der Waals surface area contributed by atoms with E-state index in [1.165, 1.54) is 0 Å². The van der Waals surface area contributed by atoms with Crippen molar-refractivity contribution in [2.75, 3.05) is 18.1 Å². The van der Waals surface area contributed by atoms with E-state index in [-0.39, 0.29) is 6.61 Å². The summed E-state index contributed by atoms with van der Waals surface area (Å²) < 4.78 is 0. The monoisotopic (exact) mass is 252 g/mol. The average Bonchev–Trinajstić information content (AvgIpc) is 2.39. The Bertz CT molecular complexity index is 366. The van der Waals surface area contributed by atoms with E-state index in [9.17, 15) is 5.11 Å². The van der Waals surface area contributed by atoms with Crippen LogP contribution in [0.5, 0.6) is 0 Å². The largest absolute Gasteiger partial charge is 0.395 e. The second kappa shape index (κ2) is 7.28. The van der Waals surface area contributed by atoms with E-state index in [0.29, 0.717) is 19.1 Å². The van der Waals surface area contributed by atoms with Crippen LogP contribution in [-0.2, 0) is 6.54 Å². The molecule has 0 fully saturated rings. The van der Waals surface area contributed by atoms with Crippen molar-refractivity contribution in [2.45, 2.75) is 46.2 Å². The first-order valence-electron chi connectivity index (χ1n) is 6.57. The number of aliphatic hydroxyl groups is 1. The average molecular weight is 252 g/mol. The first-order valence-corrected chi connectivity index (χ1v) is 6.57. The first-order chi connectivity index (χ1) is 8.67. The molecule has 102 valence electrons. The van der Waals surface area contributed by atoms with Gasteiger partial charge in [0.2, 0.25) is 0 Å². The first kappa shape index (κ1) is 14.9. The van der Waals surface area contributed by atoms with Crippen LogP contribution in [0.2, 0.25) is 0 Å². The highest BCUT2D eigenvalue weighted by molar-refractivity contribution is 5.47. The number of nitrogens with two attached hydrogens (primary N) is 1. The van der Waals surface area contributed by atoms with Crippen molar-refractivity contribution < 1.29 is 5.11 Å². The van der Waals surface area contributed by atoms with Crippen LogP contribution in [0.4, 0.5) is 5.82 Å². The van der Waals surface area contributed by atoms with Crippen LogP contribution in [0, 0.1) is 6.92 Å². The predicted molar refractivity (Wildman–Crippen MR) is 73.5 cm³/mol. The molecule has 5 heteroatoms. The Labute approximate surface area is 109 Å². The summed E-state index contributed by atoms with van der Waals surface area (Å²) in [6, 6.07) is 0.372. The lowest BCUT2D eigenvalue weighted by atomic mass is 10.1. The lowest BCUT2D eigenvalue weighted by Gasteiger charge is -2.32. The molecule has 5 nitrogen and oxygen atoms in total. The molecule has 0 spiro atoms. The minimum atomic E-state index is 0.115. The third-order valence-corrected chi connectivity index (χ3v) is 3.18. The van der Waals surface area contributed by atoms with Crippen molar-refractivity contribution in [3.63, 3.8) is 0 Å². The van der Waals surface area contributed by atoms with Gasteiger partial charge in [-0.2, -0.15) is 0 Å². The summed E-state index contributed by atoms with van der Waals surface area (Å²) in [6.07, 6.45) is 3.82. The van der Waals surface area contributed by atoms with Crippen LogP contribution in [0.3, 0.4) is 0 Å². The minimum Gasteiger partial charge on any atom is -0.395 e. The Morgan fingerprint density at radius 3 is 2.56 bits per heavy atom. The van der Waals surface area contributed by atoms with E-state index in [4.69, 9.17) is 5.73 Å². The van der Waals surface area contributed by atoms with Gasteiger partial charge in [0.25, 0.3) is 0 Å². The van der Waals surface area contributed by atoms with Crippen LogP contribution < -0.4 is 10.6 Å². The maximum absolute atomic E-state index is 9.25. The molecule has 0 atom stereocenters. The van der Waals surface area contributed by atoms with Gasteiger partial charge in [-0.05, 0) is 19.8 Å². The Morgan fingerprint density at radius 1 is 1.39 bits per heavy atom. The SMILES string of the molecule is CCC(CC)N(CCO)c1nc(C)ncc1CN. The summed E-state index contributed by atoms with van der Waals surface area (Å²) in [5.41, 5.74) is 6.68. The summed E-state index contributed by atoms with van der Waals surface area (Å²) in [5.74, 6) is 1.60. The fraction of sp³-hybridized carbons (Fsp3) is 0.692. The van der Waals surface area contributed by atoms with Gasteiger partial charge in [-0.15, -0.1) is 0 Å². The molecule has 0 bridgehead atoms. The second-order valence-corrected chi connectivity index (χ2v) is 4.36. The van der Waals surface area contributed by atoms with Crippen LogP contribution >= 0.6 is 0 Å². The molecule has 0 aliphatic heterocycles. The molecule has 0 unspecified atom stereocenters. The topological polar surface area (TPSA) is 75.3 Å². The Balaban J connectivity index is 3.14. The van der Waals surface area contributed by atoms with Crippen molar-refractivity contribution in [2.24, 2.45) is 5.73 Å². The fourth-order valence-corrected chi connectivity index (χ4v) is 2.17. The second-order valence-electron chi connectivity index (χ2n) is 4.36. The number of anilines is 1. The molecule has 0 aromatic carbocycles. The van der Waals surface area contributed by atoms with Crippen LogP contribution in [0.15, 0.2) is 6.20 Å². The third-order valence-electron chi connectivity index (χ3n) is 3.18. The van der Waals surface area contributed by atoms with E-state index < -0.39 is 0 Å². The number of hydrogen-bond acceptors (Lipinski definition) is 5. The number of aromatic nitrogens is 2. The van der Waals surface area contributed by atoms with Crippen LogP contribution in [0.1, 0.15) is 38.1 Å². The lowest BCUT2D eigenvalue weighted by molar-refractivity contribution is 0.295. The van der Waals surface area contributed by atoms with E-state index in [0.717, 1.165) is 30.0 Å².